The normalized spacial score (nSPS) is 15.2. The fourth-order valence-electron chi connectivity index (χ4n) is 4.42. The van der Waals surface area contributed by atoms with Gasteiger partial charge in [-0.15, -0.1) is 0 Å². The number of amides is 1. The summed E-state index contributed by atoms with van der Waals surface area (Å²) in [6, 6.07) is 20.6. The molecule has 10 heteroatoms. The maximum Gasteiger partial charge on any atom is 0.267 e. The van der Waals surface area contributed by atoms with Crippen molar-refractivity contribution in [2.45, 2.75) is 19.4 Å². The van der Waals surface area contributed by atoms with E-state index < -0.39 is 6.10 Å². The number of pyridine rings is 1. The number of thioether (sulfide) groups is 1. The molecule has 0 radical (unpaired) electrons. The maximum absolute atomic E-state index is 13.6. The zero-order chi connectivity index (χ0) is 28.2. The van der Waals surface area contributed by atoms with Crippen LogP contribution in [0, 0.1) is 6.92 Å². The summed E-state index contributed by atoms with van der Waals surface area (Å²) in [4.78, 5) is 33.6. The number of anilines is 1. The van der Waals surface area contributed by atoms with E-state index in [1.807, 2.05) is 67.6 Å². The first-order valence-electron chi connectivity index (χ1n) is 12.7. The van der Waals surface area contributed by atoms with Crippen molar-refractivity contribution in [2.24, 2.45) is 0 Å². The molecule has 0 spiro atoms. The minimum atomic E-state index is -0.817. The molecule has 4 aromatic rings. The van der Waals surface area contributed by atoms with Crippen LogP contribution < -0.4 is 15.6 Å². The van der Waals surface area contributed by atoms with Crippen LogP contribution in [-0.2, 0) is 11.2 Å². The van der Waals surface area contributed by atoms with Gasteiger partial charge in [-0.1, -0.05) is 72.5 Å². The van der Waals surface area contributed by atoms with Gasteiger partial charge in [-0.3, -0.25) is 18.9 Å². The topological polar surface area (TPSA) is 96.2 Å². The van der Waals surface area contributed by atoms with Gasteiger partial charge in [0.2, 0.25) is 0 Å². The van der Waals surface area contributed by atoms with Crippen LogP contribution in [0.4, 0.5) is 5.82 Å². The molecule has 1 fully saturated rings. The quantitative estimate of drug-likeness (QED) is 0.222. The molecule has 204 valence electrons. The number of ether oxygens (including phenoxy) is 1. The van der Waals surface area contributed by atoms with E-state index in [4.69, 9.17) is 21.9 Å². The first kappa shape index (κ1) is 27.6. The van der Waals surface area contributed by atoms with Crippen LogP contribution in [0.5, 0.6) is 5.75 Å². The number of aliphatic hydroxyl groups excluding tert-OH is 1. The molecular formula is C30H28N4O4S2. The molecule has 1 amide bonds. The van der Waals surface area contributed by atoms with Gasteiger partial charge in [-0.2, -0.15) is 0 Å². The lowest BCUT2D eigenvalue weighted by Gasteiger charge is -2.16. The second-order valence-corrected chi connectivity index (χ2v) is 11.0. The summed E-state index contributed by atoms with van der Waals surface area (Å²) in [6.45, 7) is 2.41. The van der Waals surface area contributed by atoms with Gasteiger partial charge in [0.05, 0.1) is 23.7 Å². The number of hydrogen-bond acceptors (Lipinski definition) is 8. The Bertz CT molecular complexity index is 1650. The molecule has 0 aliphatic carbocycles. The lowest BCUT2D eigenvalue weighted by atomic mass is 10.1. The fourth-order valence-corrected chi connectivity index (χ4v) is 5.71. The summed E-state index contributed by atoms with van der Waals surface area (Å²) < 4.78 is 7.11. The molecule has 8 nitrogen and oxygen atoms in total. The van der Waals surface area contributed by atoms with E-state index in [0.717, 1.165) is 34.2 Å². The van der Waals surface area contributed by atoms with Crippen molar-refractivity contribution >= 4 is 51.7 Å². The standard InChI is InChI=1S/C30H28N4O4S2/c1-19-7-6-15-33-27(19)32-26(31-18-24(35)21-8-4-3-5-9-21)23(28(33)36)17-25-29(37)34(30(39)40-25)16-14-20-10-12-22(38-2)13-11-20/h3-13,15,17,24,31,35H,14,16,18H2,1-2H3/b25-17-/t24-/m1/s1. The summed E-state index contributed by atoms with van der Waals surface area (Å²) in [6.07, 6.45) is 3.00. The molecule has 2 N–H and O–H groups in total. The number of benzene rings is 2. The molecule has 0 bridgehead atoms. The molecule has 2 aromatic heterocycles. The molecule has 5 rings (SSSR count). The number of aliphatic hydroxyl groups is 1. The maximum atomic E-state index is 13.6. The first-order valence-corrected chi connectivity index (χ1v) is 14.0. The Hall–Kier alpha value is -3.99. The van der Waals surface area contributed by atoms with Gasteiger partial charge in [0, 0.05) is 19.3 Å². The summed E-state index contributed by atoms with van der Waals surface area (Å²) >= 11 is 6.69. The summed E-state index contributed by atoms with van der Waals surface area (Å²) in [5.41, 5.74) is 3.00. The average Bonchev–Trinajstić information content (AvgIpc) is 3.24. The minimum absolute atomic E-state index is 0.127. The molecule has 1 saturated heterocycles. The van der Waals surface area contributed by atoms with E-state index in [2.05, 4.69) is 5.32 Å². The van der Waals surface area contributed by atoms with E-state index in [1.165, 1.54) is 4.40 Å². The van der Waals surface area contributed by atoms with E-state index in [-0.39, 0.29) is 29.4 Å². The number of nitrogens with zero attached hydrogens (tertiary/aromatic N) is 3. The van der Waals surface area contributed by atoms with Crippen LogP contribution in [0.3, 0.4) is 0 Å². The van der Waals surface area contributed by atoms with Gasteiger partial charge in [-0.25, -0.2) is 4.98 Å². The number of rotatable bonds is 9. The van der Waals surface area contributed by atoms with Crippen molar-refractivity contribution in [3.05, 3.63) is 110 Å². The van der Waals surface area contributed by atoms with Crippen LogP contribution >= 0.6 is 24.0 Å². The smallest absolute Gasteiger partial charge is 0.267 e. The van der Waals surface area contributed by atoms with Crippen LogP contribution in [0.25, 0.3) is 11.7 Å². The summed E-state index contributed by atoms with van der Waals surface area (Å²) in [5.74, 6) is 0.800. The average molecular weight is 573 g/mol. The van der Waals surface area contributed by atoms with Gasteiger partial charge < -0.3 is 15.2 Å². The Balaban J connectivity index is 1.43. The second kappa shape index (κ2) is 12.0. The highest BCUT2D eigenvalue weighted by Crippen LogP contribution is 2.33. The third kappa shape index (κ3) is 5.79. The van der Waals surface area contributed by atoms with Crippen molar-refractivity contribution in [1.29, 1.82) is 0 Å². The monoisotopic (exact) mass is 572 g/mol. The summed E-state index contributed by atoms with van der Waals surface area (Å²) in [7, 11) is 1.62. The minimum Gasteiger partial charge on any atom is -0.497 e. The Morgan fingerprint density at radius 1 is 1.10 bits per heavy atom. The van der Waals surface area contributed by atoms with Gasteiger partial charge >= 0.3 is 0 Å². The number of carbonyl (C=O) groups excluding carboxylic acids is 1. The highest BCUT2D eigenvalue weighted by molar-refractivity contribution is 8.26. The van der Waals surface area contributed by atoms with E-state index in [1.54, 1.807) is 30.3 Å². The third-order valence-electron chi connectivity index (χ3n) is 6.66. The predicted molar refractivity (Wildman–Crippen MR) is 163 cm³/mol. The van der Waals surface area contributed by atoms with Crippen molar-refractivity contribution in [1.82, 2.24) is 14.3 Å². The molecular weight excluding hydrogens is 544 g/mol. The number of carbonyl (C=O) groups is 1. The van der Waals surface area contributed by atoms with Crippen molar-refractivity contribution in [3.8, 4) is 5.75 Å². The van der Waals surface area contributed by atoms with Crippen molar-refractivity contribution in [2.75, 3.05) is 25.5 Å². The van der Waals surface area contributed by atoms with Crippen LogP contribution in [0.1, 0.15) is 28.4 Å². The molecule has 3 heterocycles. The first-order chi connectivity index (χ1) is 19.4. The molecule has 2 aromatic carbocycles. The SMILES string of the molecule is COc1ccc(CCN2C(=O)/C(=C/c3c(NC[C@@H](O)c4ccccc4)nc4c(C)cccn4c3=O)SC2=S)cc1. The number of nitrogens with one attached hydrogen (secondary N) is 1. The number of methoxy groups -OCH3 is 1. The Morgan fingerprint density at radius 2 is 1.85 bits per heavy atom. The zero-order valence-corrected chi connectivity index (χ0v) is 23.7. The third-order valence-corrected chi connectivity index (χ3v) is 8.04. The van der Waals surface area contributed by atoms with Crippen LogP contribution in [0.15, 0.2) is 82.6 Å². The number of fused-ring (bicyclic) bond motifs is 1. The Kier molecular flexibility index (Phi) is 8.29. The number of hydrogen-bond donors (Lipinski definition) is 2. The number of thiocarbonyl (C=S) groups is 1. The van der Waals surface area contributed by atoms with Gasteiger partial charge in [0.25, 0.3) is 11.5 Å². The predicted octanol–water partition coefficient (Wildman–Crippen LogP) is 4.60. The van der Waals surface area contributed by atoms with E-state index in [9.17, 15) is 14.7 Å². The van der Waals surface area contributed by atoms with Gasteiger partial charge in [0.15, 0.2) is 0 Å². The highest BCUT2D eigenvalue weighted by atomic mass is 32.2. The summed E-state index contributed by atoms with van der Waals surface area (Å²) in [5, 5.41) is 13.9. The molecule has 40 heavy (non-hydrogen) atoms. The van der Waals surface area contributed by atoms with Crippen LogP contribution in [-0.4, -0.2) is 49.8 Å². The number of aromatic nitrogens is 2. The van der Waals surface area contributed by atoms with Gasteiger partial charge in [-0.05, 0) is 54.3 Å². The van der Waals surface area contributed by atoms with Crippen molar-refractivity contribution in [3.63, 3.8) is 0 Å². The largest absolute Gasteiger partial charge is 0.497 e. The Morgan fingerprint density at radius 3 is 2.58 bits per heavy atom. The van der Waals surface area contributed by atoms with E-state index >= 15 is 0 Å². The molecule has 0 unspecified atom stereocenters. The lowest BCUT2D eigenvalue weighted by Crippen LogP contribution is -2.30. The second-order valence-electron chi connectivity index (χ2n) is 9.30. The van der Waals surface area contributed by atoms with Crippen molar-refractivity contribution < 1.29 is 14.6 Å². The lowest BCUT2D eigenvalue weighted by molar-refractivity contribution is -0.122. The van der Waals surface area contributed by atoms with Gasteiger partial charge in [0.1, 0.15) is 21.5 Å². The van der Waals surface area contributed by atoms with Crippen LogP contribution in [0.2, 0.25) is 0 Å². The zero-order valence-electron chi connectivity index (χ0n) is 22.0. The Labute approximate surface area is 241 Å². The van der Waals surface area contributed by atoms with E-state index in [0.29, 0.717) is 27.8 Å². The molecule has 0 saturated carbocycles. The molecule has 1 aliphatic heterocycles. The highest BCUT2D eigenvalue weighted by Gasteiger charge is 2.32. The molecule has 1 atom stereocenters. The fraction of sp³-hybridized carbons (Fsp3) is 0.200. The number of aryl methyl sites for hydroxylation is 1. The molecule has 1 aliphatic rings.